The van der Waals surface area contributed by atoms with Crippen LogP contribution in [0.3, 0.4) is 0 Å². The maximum atomic E-state index is 12.9. The monoisotopic (exact) mass is 487 g/mol. The first kappa shape index (κ1) is 22.1. The summed E-state index contributed by atoms with van der Waals surface area (Å²) >= 11 is 0. The van der Waals surface area contributed by atoms with Crippen LogP contribution in [0.2, 0.25) is 0 Å². The predicted octanol–water partition coefficient (Wildman–Crippen LogP) is 3.87. The van der Waals surface area contributed by atoms with E-state index in [0.29, 0.717) is 34.1 Å². The largest absolute Gasteiger partial charge is 0.280 e. The highest BCUT2D eigenvalue weighted by molar-refractivity contribution is 7.92. The number of hydrogen-bond acceptors (Lipinski definition) is 8. The fraction of sp³-hybridized carbons (Fsp3) is 0.0435. The molecule has 35 heavy (non-hydrogen) atoms. The van der Waals surface area contributed by atoms with Crippen LogP contribution in [0.15, 0.2) is 83.9 Å². The summed E-state index contributed by atoms with van der Waals surface area (Å²) in [6.07, 6.45) is 1.66. The molecule has 0 aliphatic rings. The number of fused-ring (bicyclic) bond motifs is 1. The zero-order chi connectivity index (χ0) is 24.6. The van der Waals surface area contributed by atoms with E-state index in [-0.39, 0.29) is 10.6 Å². The second-order valence-electron chi connectivity index (χ2n) is 7.62. The van der Waals surface area contributed by atoms with Crippen molar-refractivity contribution in [1.82, 2.24) is 24.8 Å². The molecule has 174 valence electrons. The number of aromatic nitrogens is 5. The van der Waals surface area contributed by atoms with Gasteiger partial charge in [0.25, 0.3) is 15.7 Å². The topological polar surface area (TPSA) is 145 Å². The molecule has 0 unspecified atom stereocenters. The van der Waals surface area contributed by atoms with Gasteiger partial charge in [0.05, 0.1) is 15.5 Å². The summed E-state index contributed by atoms with van der Waals surface area (Å²) in [5.74, 6) is 0.499. The molecule has 5 aromatic rings. The Morgan fingerprint density at radius 2 is 1.74 bits per heavy atom. The average Bonchev–Trinajstić information content (AvgIpc) is 3.28. The highest BCUT2D eigenvalue weighted by atomic mass is 32.2. The lowest BCUT2D eigenvalue weighted by atomic mass is 10.1. The van der Waals surface area contributed by atoms with Crippen molar-refractivity contribution in [3.8, 4) is 22.8 Å². The van der Waals surface area contributed by atoms with E-state index < -0.39 is 14.9 Å². The first-order valence-electron chi connectivity index (χ1n) is 10.3. The number of nitrogens with zero attached hydrogens (tertiary/aromatic N) is 6. The van der Waals surface area contributed by atoms with Crippen molar-refractivity contribution in [2.45, 2.75) is 11.8 Å². The van der Waals surface area contributed by atoms with Crippen LogP contribution in [0, 0.1) is 17.0 Å². The Bertz CT molecular complexity index is 1670. The van der Waals surface area contributed by atoms with Crippen molar-refractivity contribution in [2.24, 2.45) is 0 Å². The van der Waals surface area contributed by atoms with E-state index in [1.54, 1.807) is 54.0 Å². The third-order valence-corrected chi connectivity index (χ3v) is 6.79. The zero-order valence-electron chi connectivity index (χ0n) is 18.2. The van der Waals surface area contributed by atoms with Gasteiger partial charge in [-0.25, -0.2) is 8.42 Å². The molecule has 0 saturated carbocycles. The van der Waals surface area contributed by atoms with Gasteiger partial charge in [0.1, 0.15) is 5.69 Å². The van der Waals surface area contributed by atoms with Gasteiger partial charge >= 0.3 is 0 Å². The third kappa shape index (κ3) is 4.29. The molecule has 2 aromatic carbocycles. The summed E-state index contributed by atoms with van der Waals surface area (Å²) in [6, 6.07) is 19.4. The molecule has 0 radical (unpaired) electrons. The number of nitrogens with one attached hydrogen (secondary N) is 1. The van der Waals surface area contributed by atoms with Gasteiger partial charge in [-0.2, -0.15) is 9.61 Å². The maximum absolute atomic E-state index is 12.9. The molecule has 0 bridgehead atoms. The second-order valence-corrected chi connectivity index (χ2v) is 9.27. The Kier molecular flexibility index (Phi) is 5.41. The molecule has 0 spiro atoms. The minimum absolute atomic E-state index is 0.155. The molecule has 0 amide bonds. The minimum atomic E-state index is -4.03. The molecule has 12 heteroatoms. The van der Waals surface area contributed by atoms with E-state index in [0.717, 1.165) is 11.6 Å². The predicted molar refractivity (Wildman–Crippen MR) is 128 cm³/mol. The van der Waals surface area contributed by atoms with Crippen LogP contribution < -0.4 is 4.72 Å². The van der Waals surface area contributed by atoms with E-state index >= 15 is 0 Å². The molecule has 0 aliphatic heterocycles. The van der Waals surface area contributed by atoms with Crippen LogP contribution in [0.1, 0.15) is 5.56 Å². The van der Waals surface area contributed by atoms with Crippen molar-refractivity contribution in [3.63, 3.8) is 0 Å². The van der Waals surface area contributed by atoms with E-state index in [1.807, 2.05) is 18.2 Å². The standard InChI is InChI=1S/C23H17N7O4S/c1-15-5-10-18(30(31)32)14-21(15)35(33,34)28-17-8-6-16(7-9-17)19-11-12-22-25-26-23(29(22)27-19)20-4-2-3-13-24-20/h2-14,28H,1H3. The number of anilines is 1. The second kappa shape index (κ2) is 8.57. The summed E-state index contributed by atoms with van der Waals surface area (Å²) in [7, 11) is -4.03. The van der Waals surface area contributed by atoms with Crippen LogP contribution in [0.5, 0.6) is 0 Å². The molecule has 0 atom stereocenters. The number of benzene rings is 2. The summed E-state index contributed by atoms with van der Waals surface area (Å²) < 4.78 is 29.8. The van der Waals surface area contributed by atoms with Crippen molar-refractivity contribution in [3.05, 3.63) is 94.7 Å². The lowest BCUT2D eigenvalue weighted by Gasteiger charge is -2.11. The van der Waals surface area contributed by atoms with Crippen LogP contribution in [0.4, 0.5) is 11.4 Å². The van der Waals surface area contributed by atoms with E-state index in [4.69, 9.17) is 0 Å². The Labute approximate surface area is 199 Å². The molecule has 0 aliphatic carbocycles. The summed E-state index contributed by atoms with van der Waals surface area (Å²) in [5, 5.41) is 24.0. The lowest BCUT2D eigenvalue weighted by molar-refractivity contribution is -0.385. The molecule has 11 nitrogen and oxygen atoms in total. The van der Waals surface area contributed by atoms with Crippen molar-refractivity contribution in [2.75, 3.05) is 4.72 Å². The molecule has 1 N–H and O–H groups in total. The quantitative estimate of drug-likeness (QED) is 0.281. The molecule has 0 fully saturated rings. The van der Waals surface area contributed by atoms with Crippen LogP contribution in [-0.2, 0) is 10.0 Å². The summed E-state index contributed by atoms with van der Waals surface area (Å²) in [6.45, 7) is 1.58. The lowest BCUT2D eigenvalue weighted by Crippen LogP contribution is -2.14. The fourth-order valence-electron chi connectivity index (χ4n) is 3.51. The third-order valence-electron chi connectivity index (χ3n) is 5.26. The maximum Gasteiger partial charge on any atom is 0.270 e. The van der Waals surface area contributed by atoms with Gasteiger partial charge in [-0.3, -0.25) is 19.8 Å². The molecule has 5 rings (SSSR count). The van der Waals surface area contributed by atoms with E-state index in [9.17, 15) is 18.5 Å². The average molecular weight is 488 g/mol. The van der Waals surface area contributed by atoms with Gasteiger partial charge in [0, 0.05) is 29.6 Å². The molecule has 3 aromatic heterocycles. The smallest absolute Gasteiger partial charge is 0.270 e. The summed E-state index contributed by atoms with van der Waals surface area (Å²) in [5.41, 5.74) is 2.96. The Balaban J connectivity index is 1.43. The number of rotatable bonds is 6. The molecule has 3 heterocycles. The molecular formula is C23H17N7O4S. The number of nitro groups is 1. The van der Waals surface area contributed by atoms with Gasteiger partial charge in [0.15, 0.2) is 5.65 Å². The first-order chi connectivity index (χ1) is 16.8. The number of hydrogen-bond donors (Lipinski definition) is 1. The van der Waals surface area contributed by atoms with Crippen LogP contribution >= 0.6 is 0 Å². The van der Waals surface area contributed by atoms with Gasteiger partial charge in [-0.1, -0.05) is 24.3 Å². The molecular weight excluding hydrogens is 470 g/mol. The van der Waals surface area contributed by atoms with Crippen LogP contribution in [-0.4, -0.2) is 38.1 Å². The Morgan fingerprint density at radius 3 is 2.46 bits per heavy atom. The number of aryl methyl sites for hydroxylation is 1. The van der Waals surface area contributed by atoms with Crippen LogP contribution in [0.25, 0.3) is 28.4 Å². The fourth-order valence-corrected chi connectivity index (χ4v) is 4.83. The van der Waals surface area contributed by atoms with Gasteiger partial charge in [-0.05, 0) is 48.9 Å². The number of pyridine rings is 1. The van der Waals surface area contributed by atoms with Crippen molar-refractivity contribution >= 4 is 27.0 Å². The van der Waals surface area contributed by atoms with Gasteiger partial charge in [0.2, 0.25) is 5.82 Å². The van der Waals surface area contributed by atoms with Gasteiger partial charge in [-0.15, -0.1) is 10.2 Å². The first-order valence-corrected chi connectivity index (χ1v) is 11.8. The van der Waals surface area contributed by atoms with Crippen molar-refractivity contribution < 1.29 is 13.3 Å². The normalized spacial score (nSPS) is 11.5. The number of sulfonamides is 1. The minimum Gasteiger partial charge on any atom is -0.280 e. The van der Waals surface area contributed by atoms with Crippen molar-refractivity contribution in [1.29, 1.82) is 0 Å². The zero-order valence-corrected chi connectivity index (χ0v) is 19.0. The molecule has 0 saturated heterocycles. The highest BCUT2D eigenvalue weighted by Gasteiger charge is 2.21. The van der Waals surface area contributed by atoms with E-state index in [1.165, 1.54) is 12.1 Å². The number of nitro benzene ring substituents is 1. The highest BCUT2D eigenvalue weighted by Crippen LogP contribution is 2.26. The Morgan fingerprint density at radius 1 is 0.943 bits per heavy atom. The SMILES string of the molecule is Cc1ccc([N+](=O)[O-])cc1S(=O)(=O)Nc1ccc(-c2ccc3nnc(-c4ccccn4)n3n2)cc1. The van der Waals surface area contributed by atoms with E-state index in [2.05, 4.69) is 25.0 Å². The Hall–Kier alpha value is -4.71. The number of non-ortho nitro benzene ring substituents is 1. The summed E-state index contributed by atoms with van der Waals surface area (Å²) in [4.78, 5) is 14.6. The van der Waals surface area contributed by atoms with Gasteiger partial charge < -0.3 is 0 Å².